The van der Waals surface area contributed by atoms with Crippen molar-refractivity contribution in [2.75, 3.05) is 18.2 Å². The summed E-state index contributed by atoms with van der Waals surface area (Å²) in [5, 5.41) is 12.2. The first kappa shape index (κ1) is 12.9. The molecule has 0 aliphatic heterocycles. The zero-order valence-corrected chi connectivity index (χ0v) is 10.7. The molecule has 0 radical (unpaired) electrons. The van der Waals surface area contributed by atoms with E-state index in [4.69, 9.17) is 15.7 Å². The standard InChI is InChI=1S/C15H15N3O/c1-19-10-12-5-2-3-7-13(12)18-14-8-4-6-11(9-16)15(14)17/h2-8,18H,10,17H2,1H3. The number of nitriles is 1. The minimum Gasteiger partial charge on any atom is -0.396 e. The van der Waals surface area contributed by atoms with Gasteiger partial charge in [0.2, 0.25) is 0 Å². The van der Waals surface area contributed by atoms with Crippen molar-refractivity contribution in [1.29, 1.82) is 5.26 Å². The average Bonchev–Trinajstić information content (AvgIpc) is 2.43. The summed E-state index contributed by atoms with van der Waals surface area (Å²) >= 11 is 0. The molecule has 19 heavy (non-hydrogen) atoms. The van der Waals surface area contributed by atoms with Crippen LogP contribution in [0.5, 0.6) is 0 Å². The Bertz CT molecular complexity index is 617. The number of anilines is 3. The number of para-hydroxylation sites is 2. The molecule has 2 rings (SSSR count). The molecule has 0 amide bonds. The predicted molar refractivity (Wildman–Crippen MR) is 76.0 cm³/mol. The fourth-order valence-electron chi connectivity index (χ4n) is 1.84. The summed E-state index contributed by atoms with van der Waals surface area (Å²) in [6.07, 6.45) is 0. The topological polar surface area (TPSA) is 71.1 Å². The minimum atomic E-state index is 0.456. The first-order chi connectivity index (χ1) is 9.26. The van der Waals surface area contributed by atoms with Gasteiger partial charge in [-0.3, -0.25) is 0 Å². The third kappa shape index (κ3) is 2.84. The van der Waals surface area contributed by atoms with Crippen LogP contribution in [0.3, 0.4) is 0 Å². The monoisotopic (exact) mass is 253 g/mol. The number of ether oxygens (including phenoxy) is 1. The van der Waals surface area contributed by atoms with E-state index >= 15 is 0 Å². The molecule has 96 valence electrons. The van der Waals surface area contributed by atoms with Crippen LogP contribution in [0.2, 0.25) is 0 Å². The van der Waals surface area contributed by atoms with Gasteiger partial charge in [0, 0.05) is 18.4 Å². The summed E-state index contributed by atoms with van der Waals surface area (Å²) in [5.41, 5.74) is 9.55. The van der Waals surface area contributed by atoms with Gasteiger partial charge in [-0.2, -0.15) is 5.26 Å². The van der Waals surface area contributed by atoms with E-state index in [0.29, 0.717) is 17.9 Å². The number of nitrogen functional groups attached to an aromatic ring is 1. The van der Waals surface area contributed by atoms with Crippen LogP contribution in [-0.2, 0) is 11.3 Å². The van der Waals surface area contributed by atoms with Crippen molar-refractivity contribution in [3.05, 3.63) is 53.6 Å². The Kier molecular flexibility index (Phi) is 4.01. The van der Waals surface area contributed by atoms with Gasteiger partial charge in [0.25, 0.3) is 0 Å². The summed E-state index contributed by atoms with van der Waals surface area (Å²) in [6, 6.07) is 15.2. The van der Waals surface area contributed by atoms with Crippen molar-refractivity contribution in [3.63, 3.8) is 0 Å². The number of hydrogen-bond donors (Lipinski definition) is 2. The Morgan fingerprint density at radius 3 is 2.63 bits per heavy atom. The fraction of sp³-hybridized carbons (Fsp3) is 0.133. The van der Waals surface area contributed by atoms with E-state index in [2.05, 4.69) is 11.4 Å². The molecule has 0 bridgehead atoms. The third-order valence-corrected chi connectivity index (χ3v) is 2.81. The molecule has 0 aliphatic carbocycles. The summed E-state index contributed by atoms with van der Waals surface area (Å²) in [5.74, 6) is 0. The second kappa shape index (κ2) is 5.89. The number of rotatable bonds is 4. The van der Waals surface area contributed by atoms with Crippen LogP contribution < -0.4 is 11.1 Å². The maximum absolute atomic E-state index is 8.97. The van der Waals surface area contributed by atoms with Gasteiger partial charge in [-0.05, 0) is 18.2 Å². The molecule has 0 spiro atoms. The third-order valence-electron chi connectivity index (χ3n) is 2.81. The second-order valence-corrected chi connectivity index (χ2v) is 4.09. The first-order valence-corrected chi connectivity index (χ1v) is 5.88. The number of benzene rings is 2. The molecule has 2 aromatic rings. The predicted octanol–water partition coefficient (Wildman–Crippen LogP) is 3.03. The van der Waals surface area contributed by atoms with Crippen LogP contribution in [0.1, 0.15) is 11.1 Å². The normalized spacial score (nSPS) is 9.89. The molecular formula is C15H15N3O. The number of hydrogen-bond acceptors (Lipinski definition) is 4. The van der Waals surface area contributed by atoms with E-state index < -0.39 is 0 Å². The van der Waals surface area contributed by atoms with Gasteiger partial charge in [-0.1, -0.05) is 24.3 Å². The van der Waals surface area contributed by atoms with Crippen molar-refractivity contribution >= 4 is 17.1 Å². The quantitative estimate of drug-likeness (QED) is 0.821. The van der Waals surface area contributed by atoms with E-state index in [-0.39, 0.29) is 0 Å². The smallest absolute Gasteiger partial charge is 0.101 e. The highest BCUT2D eigenvalue weighted by Crippen LogP contribution is 2.27. The van der Waals surface area contributed by atoms with Crippen molar-refractivity contribution in [2.24, 2.45) is 0 Å². The molecule has 0 atom stereocenters. The van der Waals surface area contributed by atoms with Gasteiger partial charge in [-0.25, -0.2) is 0 Å². The zero-order valence-electron chi connectivity index (χ0n) is 10.7. The van der Waals surface area contributed by atoms with Gasteiger partial charge in [0.15, 0.2) is 0 Å². The molecule has 0 saturated carbocycles. The molecule has 0 unspecified atom stereocenters. The lowest BCUT2D eigenvalue weighted by Gasteiger charge is -2.13. The Morgan fingerprint density at radius 2 is 1.89 bits per heavy atom. The highest BCUT2D eigenvalue weighted by Gasteiger charge is 2.07. The summed E-state index contributed by atoms with van der Waals surface area (Å²) in [4.78, 5) is 0. The average molecular weight is 253 g/mol. The summed E-state index contributed by atoms with van der Waals surface area (Å²) < 4.78 is 5.16. The van der Waals surface area contributed by atoms with Crippen molar-refractivity contribution in [3.8, 4) is 6.07 Å². The van der Waals surface area contributed by atoms with Crippen LogP contribution in [0.15, 0.2) is 42.5 Å². The van der Waals surface area contributed by atoms with Crippen LogP contribution in [0, 0.1) is 11.3 Å². The lowest BCUT2D eigenvalue weighted by atomic mass is 10.1. The van der Waals surface area contributed by atoms with E-state index in [1.165, 1.54) is 0 Å². The molecule has 0 aromatic heterocycles. The van der Waals surface area contributed by atoms with E-state index in [9.17, 15) is 0 Å². The molecule has 0 fully saturated rings. The number of nitrogens with one attached hydrogen (secondary N) is 1. The number of nitrogens with two attached hydrogens (primary N) is 1. The van der Waals surface area contributed by atoms with E-state index in [0.717, 1.165) is 16.9 Å². The molecule has 0 heterocycles. The van der Waals surface area contributed by atoms with E-state index in [1.807, 2.05) is 30.3 Å². The van der Waals surface area contributed by atoms with Gasteiger partial charge < -0.3 is 15.8 Å². The lowest BCUT2D eigenvalue weighted by molar-refractivity contribution is 0.185. The molecular weight excluding hydrogens is 238 g/mol. The second-order valence-electron chi connectivity index (χ2n) is 4.09. The number of nitrogens with zero attached hydrogens (tertiary/aromatic N) is 1. The van der Waals surface area contributed by atoms with Crippen LogP contribution in [0.25, 0.3) is 0 Å². The van der Waals surface area contributed by atoms with E-state index in [1.54, 1.807) is 19.2 Å². The maximum Gasteiger partial charge on any atom is 0.101 e. The number of methoxy groups -OCH3 is 1. The van der Waals surface area contributed by atoms with Crippen LogP contribution in [0.4, 0.5) is 17.1 Å². The van der Waals surface area contributed by atoms with Crippen LogP contribution >= 0.6 is 0 Å². The zero-order chi connectivity index (χ0) is 13.7. The highest BCUT2D eigenvalue weighted by molar-refractivity contribution is 5.78. The Morgan fingerprint density at radius 1 is 1.16 bits per heavy atom. The summed E-state index contributed by atoms with van der Waals surface area (Å²) in [6.45, 7) is 0.515. The fourth-order valence-corrected chi connectivity index (χ4v) is 1.84. The molecule has 0 aliphatic rings. The Hall–Kier alpha value is -2.51. The van der Waals surface area contributed by atoms with Crippen molar-refractivity contribution in [2.45, 2.75) is 6.61 Å². The maximum atomic E-state index is 8.97. The molecule has 2 aromatic carbocycles. The van der Waals surface area contributed by atoms with Gasteiger partial charge in [-0.15, -0.1) is 0 Å². The van der Waals surface area contributed by atoms with Crippen LogP contribution in [-0.4, -0.2) is 7.11 Å². The first-order valence-electron chi connectivity index (χ1n) is 5.88. The van der Waals surface area contributed by atoms with Gasteiger partial charge in [0.1, 0.15) is 6.07 Å². The van der Waals surface area contributed by atoms with Crippen molar-refractivity contribution < 1.29 is 4.74 Å². The largest absolute Gasteiger partial charge is 0.396 e. The SMILES string of the molecule is COCc1ccccc1Nc1cccc(C#N)c1N. The highest BCUT2D eigenvalue weighted by atomic mass is 16.5. The minimum absolute atomic E-state index is 0.456. The lowest BCUT2D eigenvalue weighted by Crippen LogP contribution is -2.01. The summed E-state index contributed by atoms with van der Waals surface area (Å²) in [7, 11) is 1.65. The van der Waals surface area contributed by atoms with Gasteiger partial charge >= 0.3 is 0 Å². The van der Waals surface area contributed by atoms with Crippen molar-refractivity contribution in [1.82, 2.24) is 0 Å². The molecule has 4 nitrogen and oxygen atoms in total. The molecule has 4 heteroatoms. The Balaban J connectivity index is 2.34. The molecule has 3 N–H and O–H groups in total. The Labute approximate surface area is 112 Å². The molecule has 0 saturated heterocycles. The van der Waals surface area contributed by atoms with Gasteiger partial charge in [0.05, 0.1) is 23.5 Å².